The second-order valence-electron chi connectivity index (χ2n) is 6.38. The van der Waals surface area contributed by atoms with Gasteiger partial charge in [-0.25, -0.2) is 0 Å². The van der Waals surface area contributed by atoms with Crippen LogP contribution in [0.1, 0.15) is 50.7 Å². The molecule has 95 valence electrons. The van der Waals surface area contributed by atoms with E-state index in [9.17, 15) is 0 Å². The first-order valence-electron chi connectivity index (χ1n) is 6.58. The average Bonchev–Trinajstić information content (AvgIpc) is 2.14. The van der Waals surface area contributed by atoms with Crippen LogP contribution in [0.2, 0.25) is 19.6 Å². The van der Waals surface area contributed by atoms with Crippen molar-refractivity contribution in [1.29, 1.82) is 0 Å². The van der Waals surface area contributed by atoms with E-state index in [1.54, 1.807) is 0 Å². The maximum absolute atomic E-state index is 5.07. The molecule has 1 nitrogen and oxygen atoms in total. The van der Waals surface area contributed by atoms with Crippen molar-refractivity contribution in [3.05, 3.63) is 29.3 Å². The molecule has 0 N–H and O–H groups in total. The maximum atomic E-state index is 5.07. The topological polar surface area (TPSA) is 14.1 Å². The molecule has 0 spiro atoms. The van der Waals surface area contributed by atoms with Crippen molar-refractivity contribution >= 4 is 13.9 Å². The predicted octanol–water partition coefficient (Wildman–Crippen LogP) is 5.00. The van der Waals surface area contributed by atoms with Gasteiger partial charge in [0.25, 0.3) is 0 Å². The lowest BCUT2D eigenvalue weighted by atomic mass is 9.93. The lowest BCUT2D eigenvalue weighted by Gasteiger charge is -2.25. The van der Waals surface area contributed by atoms with Gasteiger partial charge >= 0.3 is 0 Å². The van der Waals surface area contributed by atoms with E-state index in [1.165, 1.54) is 16.8 Å². The van der Waals surface area contributed by atoms with Crippen LogP contribution in [-0.2, 0) is 0 Å². The van der Waals surface area contributed by atoms with Gasteiger partial charge in [0.1, 0.15) is 0 Å². The molecule has 0 aliphatic heterocycles. The van der Waals surface area contributed by atoms with Crippen LogP contribution >= 0.6 is 0 Å². The van der Waals surface area contributed by atoms with Crippen LogP contribution in [0.4, 0.5) is 5.69 Å². The van der Waals surface area contributed by atoms with Crippen LogP contribution in [0.25, 0.3) is 0 Å². The summed E-state index contributed by atoms with van der Waals surface area (Å²) in [6, 6.07) is 6.64. The zero-order valence-electron chi connectivity index (χ0n) is 12.3. The van der Waals surface area contributed by atoms with Crippen molar-refractivity contribution in [3.63, 3.8) is 0 Å². The highest BCUT2D eigenvalue weighted by Gasteiger charge is 2.21. The van der Waals surface area contributed by atoms with E-state index in [1.807, 2.05) is 0 Å². The van der Waals surface area contributed by atoms with Gasteiger partial charge in [0.05, 0.1) is 5.69 Å². The van der Waals surface area contributed by atoms with Crippen molar-refractivity contribution in [2.45, 2.75) is 59.2 Å². The minimum Gasteiger partial charge on any atom is -0.321 e. The van der Waals surface area contributed by atoms with Gasteiger partial charge in [-0.1, -0.05) is 45.9 Å². The Bertz CT molecular complexity index is 349. The molecule has 0 saturated carbocycles. The smallest absolute Gasteiger partial charge is 0.173 e. The lowest BCUT2D eigenvalue weighted by Crippen LogP contribution is -2.32. The number of hydrogen-bond acceptors (Lipinski definition) is 0. The van der Waals surface area contributed by atoms with Gasteiger partial charge in [0.2, 0.25) is 0 Å². The fourth-order valence-electron chi connectivity index (χ4n) is 1.98. The third-order valence-electron chi connectivity index (χ3n) is 2.79. The van der Waals surface area contributed by atoms with Crippen LogP contribution in [0, 0.1) is 0 Å². The van der Waals surface area contributed by atoms with E-state index < -0.39 is 8.24 Å². The van der Waals surface area contributed by atoms with Gasteiger partial charge in [0, 0.05) is 0 Å². The molecule has 0 saturated heterocycles. The van der Waals surface area contributed by atoms with E-state index in [0.29, 0.717) is 11.8 Å². The molecular weight excluding hydrogens is 222 g/mol. The van der Waals surface area contributed by atoms with Gasteiger partial charge in [-0.3, -0.25) is 0 Å². The third kappa shape index (κ3) is 3.88. The molecular formula is C15H26NSi. The Morgan fingerprint density at radius 3 is 1.59 bits per heavy atom. The first-order chi connectivity index (χ1) is 7.72. The molecule has 0 fully saturated rings. The molecule has 0 aromatic heterocycles. The SMILES string of the molecule is CC(C)c1cccc(C(C)C)c1[N][Si](C)(C)C. The lowest BCUT2D eigenvalue weighted by molar-refractivity contribution is 0.825. The first-order valence-corrected chi connectivity index (χ1v) is 10.0. The summed E-state index contributed by atoms with van der Waals surface area (Å²) in [6.45, 7) is 15.9. The summed E-state index contributed by atoms with van der Waals surface area (Å²) in [6.07, 6.45) is 0. The molecule has 0 atom stereocenters. The molecule has 1 rings (SSSR count). The van der Waals surface area contributed by atoms with Crippen molar-refractivity contribution in [3.8, 4) is 0 Å². The molecule has 0 aliphatic carbocycles. The highest BCUT2D eigenvalue weighted by atomic mass is 28.3. The van der Waals surface area contributed by atoms with Crippen LogP contribution in [-0.4, -0.2) is 8.24 Å². The molecule has 1 radical (unpaired) electrons. The minimum absolute atomic E-state index is 0.545. The van der Waals surface area contributed by atoms with Crippen molar-refractivity contribution < 1.29 is 0 Å². The van der Waals surface area contributed by atoms with Gasteiger partial charge in [-0.2, -0.15) is 0 Å². The largest absolute Gasteiger partial charge is 0.321 e. The molecule has 17 heavy (non-hydrogen) atoms. The summed E-state index contributed by atoms with van der Waals surface area (Å²) < 4.78 is 0. The van der Waals surface area contributed by atoms with E-state index in [0.717, 1.165) is 0 Å². The fourth-order valence-corrected chi connectivity index (χ4v) is 2.91. The highest BCUT2D eigenvalue weighted by molar-refractivity contribution is 6.74. The minimum atomic E-state index is -1.43. The summed E-state index contributed by atoms with van der Waals surface area (Å²) in [5.74, 6) is 1.09. The van der Waals surface area contributed by atoms with E-state index in [-0.39, 0.29) is 0 Å². The zero-order chi connectivity index (χ0) is 13.2. The second kappa shape index (κ2) is 5.26. The van der Waals surface area contributed by atoms with Gasteiger partial charge in [-0.15, -0.1) is 0 Å². The Morgan fingerprint density at radius 1 is 0.882 bits per heavy atom. The second-order valence-corrected chi connectivity index (χ2v) is 10.9. The first kappa shape index (κ1) is 14.3. The summed E-state index contributed by atoms with van der Waals surface area (Å²) >= 11 is 0. The number of rotatable bonds is 4. The van der Waals surface area contributed by atoms with Gasteiger partial charge in [0.15, 0.2) is 8.24 Å². The molecule has 0 amide bonds. The highest BCUT2D eigenvalue weighted by Crippen LogP contribution is 2.33. The van der Waals surface area contributed by atoms with Crippen LogP contribution in [0.15, 0.2) is 18.2 Å². The van der Waals surface area contributed by atoms with Crippen LogP contribution < -0.4 is 4.98 Å². The normalized spacial score (nSPS) is 12.3. The summed E-state index contributed by atoms with van der Waals surface area (Å²) in [4.78, 5) is 5.07. The summed E-state index contributed by atoms with van der Waals surface area (Å²) in [7, 11) is -1.43. The zero-order valence-corrected chi connectivity index (χ0v) is 13.3. The Labute approximate surface area is 108 Å². The Kier molecular flexibility index (Phi) is 4.42. The summed E-state index contributed by atoms with van der Waals surface area (Å²) in [5.41, 5.74) is 4.08. The quantitative estimate of drug-likeness (QED) is 0.665. The molecule has 0 bridgehead atoms. The maximum Gasteiger partial charge on any atom is 0.173 e. The molecule has 1 aromatic rings. The predicted molar refractivity (Wildman–Crippen MR) is 79.8 cm³/mol. The number of hydrogen-bond donors (Lipinski definition) is 0. The fraction of sp³-hybridized carbons (Fsp3) is 0.600. The van der Waals surface area contributed by atoms with Gasteiger partial charge in [-0.05, 0) is 42.6 Å². The molecule has 0 heterocycles. The third-order valence-corrected chi connectivity index (χ3v) is 3.68. The van der Waals surface area contributed by atoms with Crippen molar-refractivity contribution in [2.75, 3.05) is 0 Å². The Morgan fingerprint density at radius 2 is 1.29 bits per heavy atom. The Hall–Kier alpha value is -0.763. The molecule has 1 aromatic carbocycles. The van der Waals surface area contributed by atoms with E-state index >= 15 is 0 Å². The standard InChI is InChI=1S/C15H26NSi/c1-11(2)13-9-8-10-14(12(3)4)15(13)16-17(5,6)7/h8-12H,1-7H3. The Balaban J connectivity index is 3.29. The van der Waals surface area contributed by atoms with Crippen LogP contribution in [0.3, 0.4) is 0 Å². The summed E-state index contributed by atoms with van der Waals surface area (Å²) in [5, 5.41) is 0. The number of nitrogens with zero attached hydrogens (tertiary/aromatic N) is 1. The molecule has 2 heteroatoms. The average molecular weight is 248 g/mol. The van der Waals surface area contributed by atoms with Crippen molar-refractivity contribution in [1.82, 2.24) is 4.98 Å². The van der Waals surface area contributed by atoms with Crippen LogP contribution in [0.5, 0.6) is 0 Å². The molecule has 0 unspecified atom stereocenters. The number of benzene rings is 1. The van der Waals surface area contributed by atoms with E-state index in [2.05, 4.69) is 65.5 Å². The van der Waals surface area contributed by atoms with E-state index in [4.69, 9.17) is 4.98 Å². The van der Waals surface area contributed by atoms with Crippen molar-refractivity contribution in [2.24, 2.45) is 0 Å². The monoisotopic (exact) mass is 248 g/mol. The van der Waals surface area contributed by atoms with Gasteiger partial charge < -0.3 is 4.98 Å². The molecule has 0 aliphatic rings.